The zero-order valence-corrected chi connectivity index (χ0v) is 9.53. The van der Waals surface area contributed by atoms with Crippen LogP contribution >= 0.6 is 0 Å². The summed E-state index contributed by atoms with van der Waals surface area (Å²) in [4.78, 5) is 21.2. The molecule has 0 spiro atoms. The maximum atomic E-state index is 13.7. The average molecular weight is 241 g/mol. The molecule has 5 nitrogen and oxygen atoms in total. The van der Waals surface area contributed by atoms with E-state index < -0.39 is 28.8 Å². The van der Waals surface area contributed by atoms with Crippen LogP contribution in [0.1, 0.15) is 18.1 Å². The molecule has 17 heavy (non-hydrogen) atoms. The fourth-order valence-corrected chi connectivity index (χ4v) is 1.42. The van der Waals surface area contributed by atoms with E-state index in [9.17, 15) is 19.3 Å². The predicted octanol–water partition coefficient (Wildman–Crippen LogP) is 2.15. The normalized spacial score (nSPS) is 10.1. The van der Waals surface area contributed by atoms with Crippen molar-refractivity contribution >= 4 is 11.7 Å². The van der Waals surface area contributed by atoms with E-state index in [1.165, 1.54) is 19.1 Å². The van der Waals surface area contributed by atoms with Crippen molar-refractivity contribution in [1.82, 2.24) is 0 Å². The number of ether oxygens (including phenoxy) is 1. The summed E-state index contributed by atoms with van der Waals surface area (Å²) in [5.41, 5.74) is -0.371. The maximum Gasteiger partial charge on any atom is 0.310 e. The molecule has 0 heterocycles. The van der Waals surface area contributed by atoms with Crippen molar-refractivity contribution in [1.29, 1.82) is 0 Å². The molecule has 0 fully saturated rings. The van der Waals surface area contributed by atoms with Crippen LogP contribution in [0.15, 0.2) is 12.1 Å². The molecule has 0 unspecified atom stereocenters. The van der Waals surface area contributed by atoms with E-state index in [0.717, 1.165) is 0 Å². The maximum absolute atomic E-state index is 13.7. The average Bonchev–Trinajstić information content (AvgIpc) is 2.25. The first-order valence-electron chi connectivity index (χ1n) is 5.05. The zero-order chi connectivity index (χ0) is 13.0. The summed E-state index contributed by atoms with van der Waals surface area (Å²) in [7, 11) is 0. The number of nitro benzene ring substituents is 1. The Morgan fingerprint density at radius 2 is 2.18 bits per heavy atom. The Morgan fingerprint density at radius 3 is 2.71 bits per heavy atom. The second kappa shape index (κ2) is 5.38. The lowest BCUT2D eigenvalue weighted by molar-refractivity contribution is -0.385. The van der Waals surface area contributed by atoms with Crippen molar-refractivity contribution in [2.75, 3.05) is 6.61 Å². The molecule has 0 aromatic heterocycles. The predicted molar refractivity (Wildman–Crippen MR) is 58.1 cm³/mol. The smallest absolute Gasteiger partial charge is 0.310 e. The number of nitrogens with zero attached hydrogens (tertiary/aromatic N) is 1. The van der Waals surface area contributed by atoms with Gasteiger partial charge in [-0.25, -0.2) is 4.39 Å². The minimum atomic E-state index is -0.729. The third-order valence-electron chi connectivity index (χ3n) is 2.23. The first kappa shape index (κ1) is 13.1. The number of aryl methyl sites for hydroxylation is 1. The van der Waals surface area contributed by atoms with Crippen molar-refractivity contribution in [2.24, 2.45) is 0 Å². The van der Waals surface area contributed by atoms with Crippen LogP contribution in [0.2, 0.25) is 0 Å². The fourth-order valence-electron chi connectivity index (χ4n) is 1.42. The Morgan fingerprint density at radius 1 is 1.53 bits per heavy atom. The van der Waals surface area contributed by atoms with Gasteiger partial charge in [0.1, 0.15) is 5.82 Å². The van der Waals surface area contributed by atoms with E-state index in [4.69, 9.17) is 0 Å². The van der Waals surface area contributed by atoms with Crippen LogP contribution in [0.25, 0.3) is 0 Å². The van der Waals surface area contributed by atoms with Gasteiger partial charge in [-0.2, -0.15) is 0 Å². The highest BCUT2D eigenvalue weighted by Crippen LogP contribution is 2.24. The number of esters is 1. The van der Waals surface area contributed by atoms with Gasteiger partial charge >= 0.3 is 5.97 Å². The Bertz CT molecular complexity index is 459. The van der Waals surface area contributed by atoms with Gasteiger partial charge in [0.05, 0.1) is 23.5 Å². The topological polar surface area (TPSA) is 69.4 Å². The molecule has 0 aliphatic heterocycles. The van der Waals surface area contributed by atoms with Crippen LogP contribution in [-0.2, 0) is 16.0 Å². The summed E-state index contributed by atoms with van der Waals surface area (Å²) < 4.78 is 18.4. The van der Waals surface area contributed by atoms with Gasteiger partial charge in [0.15, 0.2) is 0 Å². The third-order valence-corrected chi connectivity index (χ3v) is 2.23. The van der Waals surface area contributed by atoms with E-state index in [0.29, 0.717) is 0 Å². The molecular weight excluding hydrogens is 229 g/mol. The summed E-state index contributed by atoms with van der Waals surface area (Å²) in [6, 6.07) is 2.50. The van der Waals surface area contributed by atoms with Gasteiger partial charge in [-0.05, 0) is 25.5 Å². The van der Waals surface area contributed by atoms with E-state index in [1.807, 2.05) is 0 Å². The number of nitro groups is 1. The Hall–Kier alpha value is -1.98. The molecule has 0 atom stereocenters. The molecular formula is C11H12FNO4. The summed E-state index contributed by atoms with van der Waals surface area (Å²) in [5.74, 6) is -1.41. The molecule has 6 heteroatoms. The van der Waals surface area contributed by atoms with Crippen LogP contribution in [0, 0.1) is 22.9 Å². The van der Waals surface area contributed by atoms with Gasteiger partial charge in [0.2, 0.25) is 0 Å². The number of hydrogen-bond acceptors (Lipinski definition) is 4. The highest BCUT2D eigenvalue weighted by atomic mass is 19.1. The van der Waals surface area contributed by atoms with Gasteiger partial charge < -0.3 is 4.74 Å². The van der Waals surface area contributed by atoms with Crippen molar-refractivity contribution in [2.45, 2.75) is 20.3 Å². The van der Waals surface area contributed by atoms with E-state index in [2.05, 4.69) is 4.74 Å². The third kappa shape index (κ3) is 2.99. The highest BCUT2D eigenvalue weighted by molar-refractivity contribution is 5.74. The molecule has 0 aliphatic rings. The van der Waals surface area contributed by atoms with Crippen molar-refractivity contribution < 1.29 is 18.8 Å². The summed E-state index contributed by atoms with van der Waals surface area (Å²) in [6.45, 7) is 3.24. The number of carbonyl (C=O) groups is 1. The van der Waals surface area contributed by atoms with Crippen LogP contribution in [0.5, 0.6) is 0 Å². The standard InChI is InChI=1S/C11H12FNO4/c1-3-17-10(14)6-8-9(13(15)16)5-4-7(2)11(8)12/h4-5H,3,6H2,1-2H3. The minimum absolute atomic E-state index is 0.153. The number of rotatable bonds is 4. The fraction of sp³-hybridized carbons (Fsp3) is 0.364. The molecule has 1 rings (SSSR count). The number of benzene rings is 1. The molecule has 0 N–H and O–H groups in total. The Balaban J connectivity index is 3.14. The van der Waals surface area contributed by atoms with Gasteiger partial charge in [0.25, 0.3) is 5.69 Å². The summed E-state index contributed by atoms with van der Waals surface area (Å²) >= 11 is 0. The first-order chi connectivity index (χ1) is 7.97. The second-order valence-electron chi connectivity index (χ2n) is 3.43. The Labute approximate surface area is 97.3 Å². The number of halogens is 1. The SMILES string of the molecule is CCOC(=O)Cc1c([N+](=O)[O-])ccc(C)c1F. The molecule has 0 saturated carbocycles. The highest BCUT2D eigenvalue weighted by Gasteiger charge is 2.22. The monoisotopic (exact) mass is 241 g/mol. The molecule has 1 aromatic carbocycles. The van der Waals surface area contributed by atoms with Gasteiger partial charge in [-0.15, -0.1) is 0 Å². The molecule has 0 amide bonds. The lowest BCUT2D eigenvalue weighted by Gasteiger charge is -2.06. The summed E-state index contributed by atoms with van der Waals surface area (Å²) in [5, 5.41) is 10.7. The largest absolute Gasteiger partial charge is 0.466 e. The molecule has 0 radical (unpaired) electrons. The van der Waals surface area contributed by atoms with Crippen molar-refractivity contribution in [3.8, 4) is 0 Å². The Kier molecular flexibility index (Phi) is 4.14. The van der Waals surface area contributed by atoms with E-state index >= 15 is 0 Å². The van der Waals surface area contributed by atoms with Gasteiger partial charge in [0, 0.05) is 6.07 Å². The molecule has 0 bridgehead atoms. The first-order valence-corrected chi connectivity index (χ1v) is 5.05. The van der Waals surface area contributed by atoms with E-state index in [1.54, 1.807) is 6.92 Å². The van der Waals surface area contributed by atoms with Gasteiger partial charge in [-0.3, -0.25) is 14.9 Å². The summed E-state index contributed by atoms with van der Waals surface area (Å²) in [6.07, 6.45) is -0.433. The number of carbonyl (C=O) groups excluding carboxylic acids is 1. The molecule has 0 saturated heterocycles. The van der Waals surface area contributed by atoms with Crippen LogP contribution in [0.4, 0.5) is 10.1 Å². The minimum Gasteiger partial charge on any atom is -0.466 e. The van der Waals surface area contributed by atoms with Crippen LogP contribution < -0.4 is 0 Å². The molecule has 0 aliphatic carbocycles. The number of hydrogen-bond donors (Lipinski definition) is 0. The lowest BCUT2D eigenvalue weighted by atomic mass is 10.1. The van der Waals surface area contributed by atoms with Crippen molar-refractivity contribution in [3.05, 3.63) is 39.2 Å². The van der Waals surface area contributed by atoms with Crippen LogP contribution in [-0.4, -0.2) is 17.5 Å². The van der Waals surface area contributed by atoms with E-state index in [-0.39, 0.29) is 17.7 Å². The zero-order valence-electron chi connectivity index (χ0n) is 9.53. The van der Waals surface area contributed by atoms with Crippen LogP contribution in [0.3, 0.4) is 0 Å². The molecule has 1 aromatic rings. The second-order valence-corrected chi connectivity index (χ2v) is 3.43. The lowest BCUT2D eigenvalue weighted by Crippen LogP contribution is -2.11. The van der Waals surface area contributed by atoms with Crippen molar-refractivity contribution in [3.63, 3.8) is 0 Å². The quantitative estimate of drug-likeness (QED) is 0.460. The van der Waals surface area contributed by atoms with Gasteiger partial charge in [-0.1, -0.05) is 0 Å². The molecule has 92 valence electrons.